The van der Waals surface area contributed by atoms with Crippen molar-refractivity contribution in [1.29, 1.82) is 0 Å². The van der Waals surface area contributed by atoms with E-state index in [0.29, 0.717) is 5.75 Å². The second-order valence-corrected chi connectivity index (χ2v) is 5.33. The Morgan fingerprint density at radius 1 is 1.26 bits per heavy atom. The van der Waals surface area contributed by atoms with Crippen LogP contribution in [0, 0.1) is 6.92 Å². The van der Waals surface area contributed by atoms with Crippen molar-refractivity contribution in [3.8, 4) is 0 Å². The molecule has 0 aliphatic rings. The fraction of sp³-hybridized carbons (Fsp3) is 0.250. The highest BCUT2D eigenvalue weighted by Crippen LogP contribution is 2.23. The number of thioether (sulfide) groups is 1. The standard InChI is InChI=1S/C12H12N4O2S/c1-6-13-7-4-9-10(5-8(7)14-6)16-12(15-9)19-3-2-11(17)18/h4-5H,2-3H2,1H3,(H,13,14)(H,15,16)(H,17,18). The number of carboxylic acids is 1. The number of carbonyl (C=O) groups is 1. The summed E-state index contributed by atoms with van der Waals surface area (Å²) in [7, 11) is 0. The van der Waals surface area contributed by atoms with Crippen LogP contribution in [0.3, 0.4) is 0 Å². The van der Waals surface area contributed by atoms with Crippen LogP contribution >= 0.6 is 11.8 Å². The van der Waals surface area contributed by atoms with Gasteiger partial charge in [0.05, 0.1) is 28.5 Å². The highest BCUT2D eigenvalue weighted by atomic mass is 32.2. The van der Waals surface area contributed by atoms with E-state index in [1.165, 1.54) is 11.8 Å². The van der Waals surface area contributed by atoms with Gasteiger partial charge in [-0.25, -0.2) is 9.97 Å². The van der Waals surface area contributed by atoms with Crippen LogP contribution in [0.2, 0.25) is 0 Å². The van der Waals surface area contributed by atoms with Gasteiger partial charge in [-0.05, 0) is 19.1 Å². The summed E-state index contributed by atoms with van der Waals surface area (Å²) in [6.07, 6.45) is 0.128. The van der Waals surface area contributed by atoms with Gasteiger partial charge in [0, 0.05) is 5.75 Å². The summed E-state index contributed by atoms with van der Waals surface area (Å²) < 4.78 is 0. The predicted octanol–water partition coefficient (Wildman–Crippen LogP) is 2.31. The molecule has 6 nitrogen and oxygen atoms in total. The van der Waals surface area contributed by atoms with Crippen LogP contribution in [-0.4, -0.2) is 36.8 Å². The molecule has 2 aromatic heterocycles. The lowest BCUT2D eigenvalue weighted by molar-refractivity contribution is -0.136. The van der Waals surface area contributed by atoms with E-state index in [-0.39, 0.29) is 6.42 Å². The van der Waals surface area contributed by atoms with Crippen LogP contribution in [0.15, 0.2) is 17.3 Å². The first-order chi connectivity index (χ1) is 9.11. The minimum atomic E-state index is -0.795. The zero-order valence-corrected chi connectivity index (χ0v) is 11.0. The lowest BCUT2D eigenvalue weighted by Gasteiger charge is -1.92. The van der Waals surface area contributed by atoms with Crippen molar-refractivity contribution in [2.24, 2.45) is 0 Å². The minimum absolute atomic E-state index is 0.128. The number of aryl methyl sites for hydroxylation is 1. The van der Waals surface area contributed by atoms with Crippen LogP contribution in [0.25, 0.3) is 22.1 Å². The van der Waals surface area contributed by atoms with E-state index in [4.69, 9.17) is 5.11 Å². The third-order valence-corrected chi connectivity index (χ3v) is 3.61. The third kappa shape index (κ3) is 2.41. The largest absolute Gasteiger partial charge is 0.481 e. The molecule has 3 N–H and O–H groups in total. The van der Waals surface area contributed by atoms with Gasteiger partial charge < -0.3 is 15.1 Å². The Kier molecular flexibility index (Phi) is 2.90. The number of carboxylic acid groups (broad SMARTS) is 1. The number of imidazole rings is 2. The average Bonchev–Trinajstić information content (AvgIpc) is 2.85. The van der Waals surface area contributed by atoms with Gasteiger partial charge in [-0.2, -0.15) is 0 Å². The van der Waals surface area contributed by atoms with E-state index in [1.54, 1.807) is 0 Å². The predicted molar refractivity (Wildman–Crippen MR) is 73.5 cm³/mol. The van der Waals surface area contributed by atoms with Crippen LogP contribution in [-0.2, 0) is 4.79 Å². The third-order valence-electron chi connectivity index (χ3n) is 2.74. The first-order valence-corrected chi connectivity index (χ1v) is 6.81. The molecular weight excluding hydrogens is 264 g/mol. The highest BCUT2D eigenvalue weighted by Gasteiger charge is 2.08. The molecule has 0 amide bonds. The zero-order valence-electron chi connectivity index (χ0n) is 10.2. The van der Waals surface area contributed by atoms with Gasteiger partial charge in [0.15, 0.2) is 5.16 Å². The molecule has 0 bridgehead atoms. The van der Waals surface area contributed by atoms with Crippen LogP contribution in [0.5, 0.6) is 0 Å². The monoisotopic (exact) mass is 276 g/mol. The van der Waals surface area contributed by atoms with Crippen LogP contribution in [0.4, 0.5) is 0 Å². The molecule has 0 aliphatic heterocycles. The fourth-order valence-electron chi connectivity index (χ4n) is 1.92. The molecule has 0 fully saturated rings. The van der Waals surface area contributed by atoms with Crippen LogP contribution < -0.4 is 0 Å². The number of nitrogens with zero attached hydrogens (tertiary/aromatic N) is 2. The number of rotatable bonds is 4. The van der Waals surface area contributed by atoms with Crippen molar-refractivity contribution in [3.63, 3.8) is 0 Å². The van der Waals surface area contributed by atoms with E-state index in [9.17, 15) is 4.79 Å². The quantitative estimate of drug-likeness (QED) is 0.636. The zero-order chi connectivity index (χ0) is 13.4. The second kappa shape index (κ2) is 4.58. The van der Waals surface area contributed by atoms with E-state index >= 15 is 0 Å². The maximum absolute atomic E-state index is 10.5. The smallest absolute Gasteiger partial charge is 0.304 e. The first-order valence-electron chi connectivity index (χ1n) is 5.82. The Balaban J connectivity index is 1.90. The maximum Gasteiger partial charge on any atom is 0.304 e. The van der Waals surface area contributed by atoms with Crippen molar-refractivity contribution in [3.05, 3.63) is 18.0 Å². The lowest BCUT2D eigenvalue weighted by Crippen LogP contribution is -1.95. The molecular formula is C12H12N4O2S. The Labute approximate surface area is 112 Å². The summed E-state index contributed by atoms with van der Waals surface area (Å²) in [4.78, 5) is 25.6. The molecule has 2 heterocycles. The van der Waals surface area contributed by atoms with E-state index < -0.39 is 5.97 Å². The van der Waals surface area contributed by atoms with Gasteiger partial charge in [0.2, 0.25) is 0 Å². The summed E-state index contributed by atoms with van der Waals surface area (Å²) in [5, 5.41) is 9.34. The van der Waals surface area contributed by atoms with Gasteiger partial charge in [0.1, 0.15) is 5.82 Å². The average molecular weight is 276 g/mol. The van der Waals surface area contributed by atoms with Gasteiger partial charge in [0.25, 0.3) is 0 Å². The summed E-state index contributed by atoms with van der Waals surface area (Å²) in [5.41, 5.74) is 3.63. The molecule has 0 saturated heterocycles. The number of hydrogen-bond acceptors (Lipinski definition) is 4. The number of aliphatic carboxylic acids is 1. The molecule has 0 atom stereocenters. The normalized spacial score (nSPS) is 11.4. The molecule has 0 unspecified atom stereocenters. The minimum Gasteiger partial charge on any atom is -0.481 e. The van der Waals surface area contributed by atoms with Crippen molar-refractivity contribution in [2.45, 2.75) is 18.5 Å². The molecule has 3 aromatic rings. The van der Waals surface area contributed by atoms with Crippen molar-refractivity contribution < 1.29 is 9.90 Å². The molecule has 19 heavy (non-hydrogen) atoms. The van der Waals surface area contributed by atoms with Crippen molar-refractivity contribution in [2.75, 3.05) is 5.75 Å². The number of nitrogens with one attached hydrogen (secondary N) is 2. The van der Waals surface area contributed by atoms with E-state index in [2.05, 4.69) is 19.9 Å². The maximum atomic E-state index is 10.5. The molecule has 0 radical (unpaired) electrons. The number of fused-ring (bicyclic) bond motifs is 2. The summed E-state index contributed by atoms with van der Waals surface area (Å²) in [6, 6.07) is 3.89. The molecule has 7 heteroatoms. The van der Waals surface area contributed by atoms with E-state index in [1.807, 2.05) is 19.1 Å². The number of aromatic amines is 2. The topological polar surface area (TPSA) is 94.7 Å². The molecule has 0 aliphatic carbocycles. The second-order valence-electron chi connectivity index (χ2n) is 4.24. The van der Waals surface area contributed by atoms with Crippen molar-refractivity contribution in [1.82, 2.24) is 19.9 Å². The lowest BCUT2D eigenvalue weighted by atomic mass is 10.3. The van der Waals surface area contributed by atoms with E-state index in [0.717, 1.165) is 33.0 Å². The Morgan fingerprint density at radius 3 is 2.79 bits per heavy atom. The number of aromatic nitrogens is 4. The molecule has 0 spiro atoms. The highest BCUT2D eigenvalue weighted by molar-refractivity contribution is 7.99. The Hall–Kier alpha value is -2.02. The molecule has 3 rings (SSSR count). The van der Waals surface area contributed by atoms with Gasteiger partial charge in [-0.3, -0.25) is 4.79 Å². The molecule has 0 saturated carbocycles. The fourth-order valence-corrected chi connectivity index (χ4v) is 2.74. The van der Waals surface area contributed by atoms with Crippen LogP contribution in [0.1, 0.15) is 12.2 Å². The van der Waals surface area contributed by atoms with Crippen molar-refractivity contribution >= 4 is 39.8 Å². The number of H-pyrrole nitrogens is 2. The Bertz CT molecular complexity index is 711. The SMILES string of the molecule is Cc1nc2cc3nc(SCCC(=O)O)[nH]c3cc2[nH]1. The molecule has 1 aromatic carbocycles. The summed E-state index contributed by atoms with van der Waals surface area (Å²) >= 11 is 1.41. The summed E-state index contributed by atoms with van der Waals surface area (Å²) in [5.74, 6) is 0.583. The first kappa shape index (κ1) is 12.0. The van der Waals surface area contributed by atoms with Gasteiger partial charge >= 0.3 is 5.97 Å². The summed E-state index contributed by atoms with van der Waals surface area (Å²) in [6.45, 7) is 1.91. The number of hydrogen-bond donors (Lipinski definition) is 3. The molecule has 98 valence electrons. The number of benzene rings is 1. The Morgan fingerprint density at radius 2 is 2.00 bits per heavy atom. The van der Waals surface area contributed by atoms with Gasteiger partial charge in [-0.1, -0.05) is 11.8 Å². The van der Waals surface area contributed by atoms with Gasteiger partial charge in [-0.15, -0.1) is 0 Å².